The predicted octanol–water partition coefficient (Wildman–Crippen LogP) is 2.52. The fourth-order valence-corrected chi connectivity index (χ4v) is 2.17. The fraction of sp³-hybridized carbons (Fsp3) is 0.950. The summed E-state index contributed by atoms with van der Waals surface area (Å²) in [5.74, 6) is -0.130. The third-order valence-electron chi connectivity index (χ3n) is 3.77. The molecule has 0 atom stereocenters. The quantitative estimate of drug-likeness (QED) is 0.220. The van der Waals surface area contributed by atoms with E-state index in [1.165, 1.54) is 19.3 Å². The number of ether oxygens (including phenoxy) is 5. The SMILES string of the molecule is CCCCCCCC(=O)OCCOCCOCCOCCOCCN(C)C. The first-order valence-electron chi connectivity index (χ1n) is 10.3. The van der Waals surface area contributed by atoms with Gasteiger partial charge in [0.2, 0.25) is 0 Å². The largest absolute Gasteiger partial charge is 0.463 e. The molecule has 0 aliphatic carbocycles. The highest BCUT2D eigenvalue weighted by atomic mass is 16.6. The second-order valence-corrected chi connectivity index (χ2v) is 6.64. The molecule has 0 amide bonds. The highest BCUT2D eigenvalue weighted by Gasteiger charge is 2.02. The summed E-state index contributed by atoms with van der Waals surface area (Å²) in [6, 6.07) is 0. The van der Waals surface area contributed by atoms with Crippen LogP contribution in [-0.2, 0) is 28.5 Å². The van der Waals surface area contributed by atoms with Crippen LogP contribution in [0.2, 0.25) is 0 Å². The van der Waals surface area contributed by atoms with Crippen LogP contribution in [0.5, 0.6) is 0 Å². The molecular weight excluding hydrogens is 350 g/mol. The Hall–Kier alpha value is -0.730. The van der Waals surface area contributed by atoms with Crippen LogP contribution in [0.15, 0.2) is 0 Å². The molecule has 0 aromatic heterocycles. The molecule has 0 fully saturated rings. The Kier molecular flexibility index (Phi) is 21.0. The van der Waals surface area contributed by atoms with E-state index in [-0.39, 0.29) is 5.97 Å². The third kappa shape index (κ3) is 23.2. The zero-order valence-electron chi connectivity index (χ0n) is 17.7. The summed E-state index contributed by atoms with van der Waals surface area (Å²) in [7, 11) is 4.04. The van der Waals surface area contributed by atoms with Crippen molar-refractivity contribution in [3.8, 4) is 0 Å². The molecule has 7 heteroatoms. The monoisotopic (exact) mass is 391 g/mol. The molecule has 162 valence electrons. The molecule has 0 saturated carbocycles. The van der Waals surface area contributed by atoms with E-state index in [9.17, 15) is 4.79 Å². The van der Waals surface area contributed by atoms with E-state index in [0.29, 0.717) is 59.3 Å². The molecule has 0 N–H and O–H groups in total. The van der Waals surface area contributed by atoms with Gasteiger partial charge >= 0.3 is 5.97 Å². The molecule has 0 rings (SSSR count). The molecule has 7 nitrogen and oxygen atoms in total. The predicted molar refractivity (Wildman–Crippen MR) is 106 cm³/mol. The number of carbonyl (C=O) groups excluding carboxylic acids is 1. The molecule has 0 spiro atoms. The van der Waals surface area contributed by atoms with Gasteiger partial charge in [0.25, 0.3) is 0 Å². The van der Waals surface area contributed by atoms with Gasteiger partial charge in [-0.3, -0.25) is 4.79 Å². The number of nitrogens with zero attached hydrogens (tertiary/aromatic N) is 1. The highest BCUT2D eigenvalue weighted by molar-refractivity contribution is 5.69. The Morgan fingerprint density at radius 2 is 1.15 bits per heavy atom. The van der Waals surface area contributed by atoms with Gasteiger partial charge in [0.05, 0.1) is 52.9 Å². The summed E-state index contributed by atoms with van der Waals surface area (Å²) >= 11 is 0. The van der Waals surface area contributed by atoms with Crippen LogP contribution in [-0.4, -0.2) is 91.0 Å². The van der Waals surface area contributed by atoms with Crippen LogP contribution in [0, 0.1) is 0 Å². The molecule has 0 aliphatic rings. The normalized spacial score (nSPS) is 11.3. The molecule has 0 aliphatic heterocycles. The summed E-state index contributed by atoms with van der Waals surface area (Å²) in [6.07, 6.45) is 6.17. The number of rotatable bonds is 21. The Morgan fingerprint density at radius 3 is 1.67 bits per heavy atom. The smallest absolute Gasteiger partial charge is 0.305 e. The van der Waals surface area contributed by atoms with E-state index in [1.54, 1.807) is 0 Å². The second-order valence-electron chi connectivity index (χ2n) is 6.64. The first-order valence-corrected chi connectivity index (χ1v) is 10.3. The molecule has 0 radical (unpaired) electrons. The standard InChI is InChI=1S/C20H41NO6/c1-4-5-6-7-8-9-20(22)27-19-18-26-17-16-25-15-14-24-13-12-23-11-10-21(2)3/h4-19H2,1-3H3. The number of carbonyl (C=O) groups is 1. The minimum absolute atomic E-state index is 0.130. The van der Waals surface area contributed by atoms with Crippen LogP contribution < -0.4 is 0 Å². The van der Waals surface area contributed by atoms with Gasteiger partial charge in [-0.2, -0.15) is 0 Å². The van der Waals surface area contributed by atoms with Crippen molar-refractivity contribution in [2.24, 2.45) is 0 Å². The van der Waals surface area contributed by atoms with Crippen molar-refractivity contribution in [2.75, 3.05) is 80.1 Å². The van der Waals surface area contributed by atoms with Gasteiger partial charge in [-0.25, -0.2) is 0 Å². The van der Waals surface area contributed by atoms with Crippen molar-refractivity contribution in [1.29, 1.82) is 0 Å². The van der Waals surface area contributed by atoms with Crippen LogP contribution in [0.1, 0.15) is 45.4 Å². The maximum Gasteiger partial charge on any atom is 0.305 e. The van der Waals surface area contributed by atoms with Crippen LogP contribution in [0.4, 0.5) is 0 Å². The Balaban J connectivity index is 3.11. The van der Waals surface area contributed by atoms with Gasteiger partial charge in [0, 0.05) is 13.0 Å². The summed E-state index contributed by atoms with van der Waals surface area (Å²) in [6.45, 7) is 7.80. The first kappa shape index (κ1) is 26.3. The average Bonchev–Trinajstić information content (AvgIpc) is 2.64. The first-order chi connectivity index (χ1) is 13.2. The van der Waals surface area contributed by atoms with E-state index >= 15 is 0 Å². The summed E-state index contributed by atoms with van der Waals surface area (Å²) in [5, 5.41) is 0. The van der Waals surface area contributed by atoms with Gasteiger partial charge in [-0.1, -0.05) is 32.6 Å². The summed E-state index contributed by atoms with van der Waals surface area (Å²) in [5.41, 5.74) is 0. The van der Waals surface area contributed by atoms with E-state index in [2.05, 4.69) is 11.8 Å². The molecule has 27 heavy (non-hydrogen) atoms. The van der Waals surface area contributed by atoms with Crippen LogP contribution in [0.3, 0.4) is 0 Å². The number of unbranched alkanes of at least 4 members (excludes halogenated alkanes) is 4. The number of likely N-dealkylation sites (N-methyl/N-ethyl adjacent to an activating group) is 1. The van der Waals surface area contributed by atoms with Gasteiger partial charge < -0.3 is 28.6 Å². The van der Waals surface area contributed by atoms with Crippen molar-refractivity contribution < 1.29 is 28.5 Å². The summed E-state index contributed by atoms with van der Waals surface area (Å²) < 4.78 is 26.7. The lowest BCUT2D eigenvalue weighted by Gasteiger charge is -2.10. The third-order valence-corrected chi connectivity index (χ3v) is 3.77. The molecule has 0 heterocycles. The fourth-order valence-electron chi connectivity index (χ4n) is 2.17. The molecule has 0 aromatic rings. The second kappa shape index (κ2) is 21.6. The Bertz CT molecular complexity index is 315. The lowest BCUT2D eigenvalue weighted by Crippen LogP contribution is -2.19. The Labute approximate surface area is 165 Å². The van der Waals surface area contributed by atoms with Gasteiger partial charge in [-0.15, -0.1) is 0 Å². The van der Waals surface area contributed by atoms with E-state index < -0.39 is 0 Å². The van der Waals surface area contributed by atoms with Crippen LogP contribution >= 0.6 is 0 Å². The molecule has 0 saturated heterocycles. The van der Waals surface area contributed by atoms with Crippen molar-refractivity contribution in [2.45, 2.75) is 45.4 Å². The van der Waals surface area contributed by atoms with Crippen molar-refractivity contribution in [3.05, 3.63) is 0 Å². The van der Waals surface area contributed by atoms with Crippen LogP contribution in [0.25, 0.3) is 0 Å². The Morgan fingerprint density at radius 1 is 0.667 bits per heavy atom. The minimum Gasteiger partial charge on any atom is -0.463 e. The summed E-state index contributed by atoms with van der Waals surface area (Å²) in [4.78, 5) is 13.6. The molecule has 0 unspecified atom stereocenters. The average molecular weight is 392 g/mol. The highest BCUT2D eigenvalue weighted by Crippen LogP contribution is 2.05. The number of hydrogen-bond donors (Lipinski definition) is 0. The minimum atomic E-state index is -0.130. The zero-order valence-corrected chi connectivity index (χ0v) is 17.7. The topological polar surface area (TPSA) is 66.5 Å². The van der Waals surface area contributed by atoms with E-state index in [4.69, 9.17) is 23.7 Å². The van der Waals surface area contributed by atoms with Crippen molar-refractivity contribution in [3.63, 3.8) is 0 Å². The maximum atomic E-state index is 11.5. The molecule has 0 bridgehead atoms. The lowest BCUT2D eigenvalue weighted by atomic mass is 10.1. The maximum absolute atomic E-state index is 11.5. The van der Waals surface area contributed by atoms with Crippen molar-refractivity contribution in [1.82, 2.24) is 4.90 Å². The molecule has 0 aromatic carbocycles. The molecular formula is C20H41NO6. The van der Waals surface area contributed by atoms with E-state index in [0.717, 1.165) is 26.0 Å². The number of esters is 1. The van der Waals surface area contributed by atoms with Gasteiger partial charge in [-0.05, 0) is 20.5 Å². The van der Waals surface area contributed by atoms with Gasteiger partial charge in [0.15, 0.2) is 0 Å². The zero-order chi connectivity index (χ0) is 20.0. The number of hydrogen-bond acceptors (Lipinski definition) is 7. The lowest BCUT2D eigenvalue weighted by molar-refractivity contribution is -0.145. The van der Waals surface area contributed by atoms with E-state index in [1.807, 2.05) is 14.1 Å². The van der Waals surface area contributed by atoms with Gasteiger partial charge in [0.1, 0.15) is 6.61 Å². The van der Waals surface area contributed by atoms with Crippen molar-refractivity contribution >= 4 is 5.97 Å².